The number of carboxylic acid groups (broad SMARTS) is 1. The van der Waals surface area contributed by atoms with Crippen LogP contribution < -0.4 is 21.1 Å². The van der Waals surface area contributed by atoms with E-state index in [0.717, 1.165) is 11.1 Å². The van der Waals surface area contributed by atoms with E-state index in [9.17, 15) is 9.59 Å². The Morgan fingerprint density at radius 1 is 1.09 bits per heavy atom. The molecule has 33 heavy (non-hydrogen) atoms. The lowest BCUT2D eigenvalue weighted by Crippen LogP contribution is -2.23. The molecule has 0 radical (unpaired) electrons. The molecule has 1 amide bonds. The summed E-state index contributed by atoms with van der Waals surface area (Å²) in [4.78, 5) is 24.1. The molecule has 0 aromatic heterocycles. The minimum Gasteiger partial charge on any atom is -0.479 e. The zero-order valence-corrected chi connectivity index (χ0v) is 18.4. The first-order valence-corrected chi connectivity index (χ1v) is 10.3. The number of amidine groups is 1. The van der Waals surface area contributed by atoms with Crippen molar-refractivity contribution in [3.05, 3.63) is 89.0 Å². The molecule has 0 fully saturated rings. The Balaban J connectivity index is 1.77. The molecule has 3 rings (SSSR count). The molecular formula is C25H26N4O4. The summed E-state index contributed by atoms with van der Waals surface area (Å²) in [6.45, 7) is 3.70. The third-order valence-corrected chi connectivity index (χ3v) is 4.97. The Morgan fingerprint density at radius 3 is 2.45 bits per heavy atom. The van der Waals surface area contributed by atoms with E-state index in [2.05, 4.69) is 10.6 Å². The van der Waals surface area contributed by atoms with E-state index in [1.54, 1.807) is 42.5 Å². The predicted molar refractivity (Wildman–Crippen MR) is 128 cm³/mol. The number of ether oxygens (including phenoxy) is 1. The maximum Gasteiger partial charge on any atom is 0.344 e. The van der Waals surface area contributed by atoms with Crippen molar-refractivity contribution >= 4 is 29.1 Å². The van der Waals surface area contributed by atoms with Crippen molar-refractivity contribution in [1.82, 2.24) is 0 Å². The van der Waals surface area contributed by atoms with Gasteiger partial charge in [0.2, 0.25) is 0 Å². The van der Waals surface area contributed by atoms with Crippen molar-refractivity contribution in [2.75, 3.05) is 10.6 Å². The summed E-state index contributed by atoms with van der Waals surface area (Å²) in [5.41, 5.74) is 9.41. The summed E-state index contributed by atoms with van der Waals surface area (Å²) < 4.78 is 5.55. The maximum atomic E-state index is 13.0. The van der Waals surface area contributed by atoms with E-state index in [1.165, 1.54) is 6.92 Å². The van der Waals surface area contributed by atoms with Gasteiger partial charge in [-0.15, -0.1) is 0 Å². The summed E-state index contributed by atoms with van der Waals surface area (Å²) in [6.07, 6.45) is -0.985. The lowest BCUT2D eigenvalue weighted by molar-refractivity contribution is -0.144. The first kappa shape index (κ1) is 23.3. The van der Waals surface area contributed by atoms with E-state index >= 15 is 0 Å². The summed E-state index contributed by atoms with van der Waals surface area (Å²) in [5, 5.41) is 22.7. The Hall–Kier alpha value is -4.33. The predicted octanol–water partition coefficient (Wildman–Crippen LogP) is 4.00. The van der Waals surface area contributed by atoms with Gasteiger partial charge in [0.15, 0.2) is 6.10 Å². The molecule has 170 valence electrons. The number of carbonyl (C=O) groups excluding carboxylic acids is 1. The standard InChI is InChI=1S/C25H26N4O4/c1-15-7-12-21(28-14-18-5-3-4-6-22(18)33-16(2)25(31)32)20(13-15)24(30)29-19-10-8-17(9-11-19)23(26)27/h3-13,16,28H,14H2,1-2H3,(H3,26,27)(H,29,30)(H,31,32). The summed E-state index contributed by atoms with van der Waals surface area (Å²) in [6, 6.07) is 19.4. The molecule has 1 atom stereocenters. The lowest BCUT2D eigenvalue weighted by Gasteiger charge is -2.17. The number of hydrogen-bond acceptors (Lipinski definition) is 5. The minimum atomic E-state index is -1.05. The van der Waals surface area contributed by atoms with Gasteiger partial charge in [-0.3, -0.25) is 10.2 Å². The third-order valence-electron chi connectivity index (χ3n) is 4.97. The highest BCUT2D eigenvalue weighted by Crippen LogP contribution is 2.24. The van der Waals surface area contributed by atoms with Gasteiger partial charge in [0.05, 0.1) is 5.56 Å². The van der Waals surface area contributed by atoms with Crippen molar-refractivity contribution in [2.45, 2.75) is 26.5 Å². The molecule has 1 unspecified atom stereocenters. The highest BCUT2D eigenvalue weighted by molar-refractivity contribution is 6.08. The van der Waals surface area contributed by atoms with Gasteiger partial charge in [-0.05, 0) is 56.3 Å². The zero-order valence-electron chi connectivity index (χ0n) is 18.4. The van der Waals surface area contributed by atoms with Crippen molar-refractivity contribution in [2.24, 2.45) is 5.73 Å². The normalized spacial score (nSPS) is 11.3. The van der Waals surface area contributed by atoms with E-state index in [1.807, 2.05) is 31.2 Å². The summed E-state index contributed by atoms with van der Waals surface area (Å²) >= 11 is 0. The van der Waals surface area contributed by atoms with E-state index in [0.29, 0.717) is 34.8 Å². The molecule has 3 aromatic rings. The van der Waals surface area contributed by atoms with Crippen LogP contribution in [0.15, 0.2) is 66.7 Å². The third kappa shape index (κ3) is 6.10. The molecule has 0 aliphatic rings. The second-order valence-electron chi connectivity index (χ2n) is 7.55. The molecule has 0 aliphatic heterocycles. The van der Waals surface area contributed by atoms with Gasteiger partial charge in [-0.2, -0.15) is 0 Å². The molecule has 0 bridgehead atoms. The van der Waals surface area contributed by atoms with Gasteiger partial charge >= 0.3 is 5.97 Å². The van der Waals surface area contributed by atoms with Crippen molar-refractivity contribution in [3.63, 3.8) is 0 Å². The van der Waals surface area contributed by atoms with E-state index in [-0.39, 0.29) is 11.7 Å². The molecule has 0 saturated carbocycles. The molecule has 0 aliphatic carbocycles. The SMILES string of the molecule is Cc1ccc(NCc2ccccc2OC(C)C(=O)O)c(C(=O)Nc2ccc(C(=N)N)cc2)c1. The van der Waals surface area contributed by atoms with Gasteiger partial charge in [-0.25, -0.2) is 4.79 Å². The molecule has 3 aromatic carbocycles. The topological polar surface area (TPSA) is 138 Å². The Morgan fingerprint density at radius 2 is 1.79 bits per heavy atom. The molecule has 0 spiro atoms. The number of nitrogens with one attached hydrogen (secondary N) is 3. The monoisotopic (exact) mass is 446 g/mol. The number of rotatable bonds is 9. The molecule has 8 nitrogen and oxygen atoms in total. The van der Waals surface area contributed by atoms with Crippen LogP contribution in [0.4, 0.5) is 11.4 Å². The number of nitrogen functional groups attached to an aromatic ring is 1. The molecule has 0 saturated heterocycles. The number of hydrogen-bond donors (Lipinski definition) is 5. The summed E-state index contributed by atoms with van der Waals surface area (Å²) in [7, 11) is 0. The van der Waals surface area contributed by atoms with Crippen molar-refractivity contribution < 1.29 is 19.4 Å². The number of para-hydroxylation sites is 1. The number of nitrogens with two attached hydrogens (primary N) is 1. The minimum absolute atomic E-state index is 0.0416. The number of carboxylic acids is 1. The number of amides is 1. The quantitative estimate of drug-likeness (QED) is 0.249. The van der Waals surface area contributed by atoms with Gasteiger partial charge < -0.3 is 26.2 Å². The fourth-order valence-corrected chi connectivity index (χ4v) is 3.13. The molecular weight excluding hydrogens is 420 g/mol. The van der Waals surface area contributed by atoms with Gasteiger partial charge in [-0.1, -0.05) is 29.8 Å². The Labute approximate surface area is 191 Å². The number of aliphatic carboxylic acids is 1. The van der Waals surface area contributed by atoms with Crippen LogP contribution >= 0.6 is 0 Å². The average Bonchev–Trinajstić information content (AvgIpc) is 2.79. The highest BCUT2D eigenvalue weighted by Gasteiger charge is 2.16. The fraction of sp³-hybridized carbons (Fsp3) is 0.160. The molecule has 8 heteroatoms. The molecule has 0 heterocycles. The zero-order chi connectivity index (χ0) is 24.0. The largest absolute Gasteiger partial charge is 0.479 e. The van der Waals surface area contributed by atoms with Crippen LogP contribution in [0.3, 0.4) is 0 Å². The number of anilines is 2. The first-order chi connectivity index (χ1) is 15.7. The highest BCUT2D eigenvalue weighted by atomic mass is 16.5. The Bertz CT molecular complexity index is 1180. The number of aryl methyl sites for hydroxylation is 1. The first-order valence-electron chi connectivity index (χ1n) is 10.3. The molecule has 6 N–H and O–H groups in total. The average molecular weight is 447 g/mol. The van der Waals surface area contributed by atoms with E-state index in [4.69, 9.17) is 21.0 Å². The number of benzene rings is 3. The second-order valence-corrected chi connectivity index (χ2v) is 7.55. The Kier molecular flexibility index (Phi) is 7.30. The van der Waals surface area contributed by atoms with Gasteiger partial charge in [0.1, 0.15) is 11.6 Å². The summed E-state index contributed by atoms with van der Waals surface area (Å²) in [5.74, 6) is -0.920. The van der Waals surface area contributed by atoms with Crippen molar-refractivity contribution in [1.29, 1.82) is 5.41 Å². The van der Waals surface area contributed by atoms with Crippen LogP contribution in [-0.2, 0) is 11.3 Å². The van der Waals surface area contributed by atoms with Gasteiger partial charge in [0, 0.05) is 29.0 Å². The maximum absolute atomic E-state index is 13.0. The fourth-order valence-electron chi connectivity index (χ4n) is 3.13. The van der Waals surface area contributed by atoms with Crippen LogP contribution in [0.2, 0.25) is 0 Å². The van der Waals surface area contributed by atoms with Crippen LogP contribution in [0.25, 0.3) is 0 Å². The van der Waals surface area contributed by atoms with Crippen LogP contribution in [0, 0.1) is 12.3 Å². The lowest BCUT2D eigenvalue weighted by atomic mass is 10.1. The van der Waals surface area contributed by atoms with Crippen molar-refractivity contribution in [3.8, 4) is 5.75 Å². The van der Waals surface area contributed by atoms with Crippen LogP contribution in [0.5, 0.6) is 5.75 Å². The van der Waals surface area contributed by atoms with Gasteiger partial charge in [0.25, 0.3) is 5.91 Å². The van der Waals surface area contributed by atoms with Crippen LogP contribution in [-0.4, -0.2) is 28.9 Å². The number of carbonyl (C=O) groups is 2. The van der Waals surface area contributed by atoms with Crippen LogP contribution in [0.1, 0.15) is 34.0 Å². The van der Waals surface area contributed by atoms with E-state index < -0.39 is 12.1 Å². The smallest absolute Gasteiger partial charge is 0.344 e. The second kappa shape index (κ2) is 10.3.